The molecule has 6 rings (SSSR count). The number of nitrogens with one attached hydrogen (secondary N) is 11. The summed E-state index contributed by atoms with van der Waals surface area (Å²) in [6.45, 7) is 34.3. The Balaban J connectivity index is 1.47. The van der Waals surface area contributed by atoms with Gasteiger partial charge in [-0.15, -0.1) is 0 Å². The van der Waals surface area contributed by atoms with Crippen molar-refractivity contribution in [3.8, 4) is 34.1 Å². The Hall–Kier alpha value is -12.8. The second kappa shape index (κ2) is 53.7. The van der Waals surface area contributed by atoms with Crippen molar-refractivity contribution in [2.75, 3.05) is 54.2 Å². The van der Waals surface area contributed by atoms with E-state index in [2.05, 4.69) is 58.5 Å². The highest BCUT2D eigenvalue weighted by molar-refractivity contribution is 6.00. The Labute approximate surface area is 828 Å². The number of amides is 12. The molecule has 0 aliphatic rings. The van der Waals surface area contributed by atoms with E-state index in [1.54, 1.807) is 158 Å². The van der Waals surface area contributed by atoms with Gasteiger partial charge in [-0.25, -0.2) is 9.18 Å². The molecule has 6 aromatic carbocycles. The summed E-state index contributed by atoms with van der Waals surface area (Å²) in [4.78, 5) is 187. The van der Waals surface area contributed by atoms with Crippen LogP contribution in [0.2, 0.25) is 0 Å². The predicted molar refractivity (Wildman–Crippen MR) is 533 cm³/mol. The van der Waals surface area contributed by atoms with Crippen molar-refractivity contribution in [3.05, 3.63) is 178 Å². The number of hydrogen-bond acceptors (Lipinski definition) is 23. The van der Waals surface area contributed by atoms with Gasteiger partial charge in [-0.3, -0.25) is 57.5 Å². The summed E-state index contributed by atoms with van der Waals surface area (Å²) in [5.41, 5.74) is 10.9. The third kappa shape index (κ3) is 41.1. The first kappa shape index (κ1) is 117. The van der Waals surface area contributed by atoms with E-state index < -0.39 is 197 Å². The number of unbranched alkanes of at least 4 members (excludes halogenated alkanes) is 1. The van der Waals surface area contributed by atoms with Gasteiger partial charge in [0.2, 0.25) is 59.1 Å². The summed E-state index contributed by atoms with van der Waals surface area (Å²) in [5.74, 6) is -10.1. The average Bonchev–Trinajstić information content (AvgIpc) is 0.799. The molecule has 35 nitrogen and oxygen atoms in total. The first-order valence-corrected chi connectivity index (χ1v) is 47.6. The highest BCUT2D eigenvalue weighted by Gasteiger charge is 2.45. The van der Waals surface area contributed by atoms with Crippen LogP contribution in [0.15, 0.2) is 127 Å². The number of methoxy groups -OCH3 is 2. The number of primary amides is 1. The smallest absolute Gasteiger partial charge is 0.407 e. The SMILES string of the molecule is CCc1cc(OCCCCNC(=O)OC(C)(C)C)ccc1-c1ccc(C[C@H](NC(=O)[C@H](CC(=O)OC(C)(C)C)NC(=O)[C@H](COC(C)(C)C)NC(=O)[C@@H](NC(=O)[C@](C)(Cc2ccccc2F)NC(=O)[C@@H](NC(=O)CNC(=O)[C@@H](N)CCC(N)=O)[C@@H](C)OC(C)(C)C)[C@@H](C)OC(C)(C)C)C(=O)N[C@@H](CCCc2cc(C)cc(C)c2)C(=O)NC(c2ccc(OCC(=O)NC)cc2)c2ccc(OC)cc2OC)cc1. The van der Waals surface area contributed by atoms with Crippen LogP contribution in [-0.2, 0) is 107 Å². The van der Waals surface area contributed by atoms with Crippen molar-refractivity contribution in [3.63, 3.8) is 0 Å². The van der Waals surface area contributed by atoms with Gasteiger partial charge >= 0.3 is 12.1 Å². The summed E-state index contributed by atoms with van der Waals surface area (Å²) in [6, 6.07) is 23.5. The van der Waals surface area contributed by atoms with E-state index >= 15 is 38.0 Å². The standard InChI is InChI=1S/C105H150FN13O22/c1-25-68-55-74(135-50-29-28-49-110-99(132)141-104(18,19)20)44-45-75(68)69-37-35-66(36-38-69)54-80(93(126)112-79(34-30-31-67-52-62(2)51-63(3)53-67)92(125)117-90(76-46-43-73(133-23)56-83(76)134-24)70-39-41-72(42-40-70)136-61-86(122)109-22)113-94(127)81(57-87(123)140-103(15,16)17)114-95(128)82(60-137-100(6,7)8)115-96(129)88(64(4)138-101(9,10)11)118-98(131)105(21,58-71-32-26-27-33-77(71)106)119-97(130)89(65(5)139-102(12,13)14)116-85(121)59-111-91(124)78(107)47-48-84(108)120/h26-27,32-33,35-46,51-53,55-56,64-65,78-82,88-90H,25,28-31,34,47-50,54,57-61,107H2,1-24H3,(H2,108,120)(H,109,122)(H,110,132)(H,111,124)(H,112,126)(H,113,127)(H,114,128)(H,115,129)(H,116,121)(H,117,125)(H,118,131)(H,119,130)/t64-,65-,78+,79+,80+,81+,82+,88+,89+,90?,105+/m1/s1. The van der Waals surface area contributed by atoms with E-state index in [4.69, 9.17) is 54.1 Å². The Morgan fingerprint density at radius 2 is 1.07 bits per heavy atom. The average molecular weight is 1970 g/mol. The van der Waals surface area contributed by atoms with Crippen LogP contribution in [-0.4, -0.2) is 219 Å². The lowest BCUT2D eigenvalue weighted by atomic mass is 9.90. The van der Waals surface area contributed by atoms with Gasteiger partial charge < -0.3 is 113 Å². The second-order valence-electron chi connectivity index (χ2n) is 40.3. The number of alkyl carbamates (subject to hydrolysis) is 1. The fourth-order valence-corrected chi connectivity index (χ4v) is 15.2. The number of carbonyl (C=O) groups excluding carboxylic acids is 13. The Kier molecular flexibility index (Phi) is 44.5. The minimum Gasteiger partial charge on any atom is -0.497 e. The molecule has 6 aromatic rings. The van der Waals surface area contributed by atoms with Crippen LogP contribution in [0.25, 0.3) is 11.1 Å². The molecule has 1 unspecified atom stereocenters. The van der Waals surface area contributed by atoms with E-state index in [1.807, 2.05) is 69.3 Å². The summed E-state index contributed by atoms with van der Waals surface area (Å²) in [6.07, 6.45) is -2.60. The first-order chi connectivity index (χ1) is 65.9. The summed E-state index contributed by atoms with van der Waals surface area (Å²) >= 11 is 0. The number of benzene rings is 6. The van der Waals surface area contributed by atoms with Gasteiger partial charge in [0.1, 0.15) is 81.8 Å². The first-order valence-electron chi connectivity index (χ1n) is 47.6. The molecule has 12 amide bonds. The van der Waals surface area contributed by atoms with Crippen LogP contribution in [0.4, 0.5) is 9.18 Å². The summed E-state index contributed by atoms with van der Waals surface area (Å²) < 4.78 is 69.6. The van der Waals surface area contributed by atoms with Gasteiger partial charge in [0, 0.05) is 44.5 Å². The minimum absolute atomic E-state index is 0.00555. The molecular weight excluding hydrogens is 1810 g/mol. The number of carbonyl (C=O) groups is 13. The largest absolute Gasteiger partial charge is 0.497 e. The molecular formula is C105H150FN13O22. The molecule has 0 bridgehead atoms. The zero-order chi connectivity index (χ0) is 105. The monoisotopic (exact) mass is 1960 g/mol. The zero-order valence-corrected chi connectivity index (χ0v) is 86.2. The number of rotatable bonds is 52. The normalized spacial score (nSPS) is 14.3. The molecule has 11 atom stereocenters. The molecule has 0 fully saturated rings. The fourth-order valence-electron chi connectivity index (χ4n) is 15.2. The Morgan fingerprint density at radius 3 is 1.65 bits per heavy atom. The van der Waals surface area contributed by atoms with Crippen molar-refractivity contribution in [1.82, 2.24) is 58.5 Å². The molecule has 0 saturated heterocycles. The summed E-state index contributed by atoms with van der Waals surface area (Å²) in [7, 11) is 4.43. The van der Waals surface area contributed by atoms with Crippen LogP contribution < -0.4 is 88.9 Å². The van der Waals surface area contributed by atoms with Gasteiger partial charge in [0.15, 0.2) is 6.61 Å². The number of nitrogens with two attached hydrogens (primary N) is 2. The topological polar surface area (TPSA) is 489 Å². The van der Waals surface area contributed by atoms with Gasteiger partial charge in [0.05, 0.1) is 81.5 Å². The highest BCUT2D eigenvalue weighted by atomic mass is 19.1. The molecule has 0 spiro atoms. The highest BCUT2D eigenvalue weighted by Crippen LogP contribution is 2.36. The van der Waals surface area contributed by atoms with Crippen LogP contribution >= 0.6 is 0 Å². The number of esters is 1. The maximum Gasteiger partial charge on any atom is 0.407 e. The fraction of sp³-hybridized carbons (Fsp3) is 0.533. The van der Waals surface area contributed by atoms with Crippen LogP contribution in [0, 0.1) is 19.7 Å². The van der Waals surface area contributed by atoms with Crippen molar-refractivity contribution in [2.45, 2.75) is 310 Å². The zero-order valence-electron chi connectivity index (χ0n) is 86.2. The second-order valence-corrected chi connectivity index (χ2v) is 40.3. The number of likely N-dealkylation sites (N-methyl/N-ethyl adjacent to an activating group) is 1. The van der Waals surface area contributed by atoms with Crippen LogP contribution in [0.1, 0.15) is 227 Å². The van der Waals surface area contributed by atoms with Crippen LogP contribution in [0.3, 0.4) is 0 Å². The molecule has 0 aliphatic carbocycles. The molecule has 0 heterocycles. The van der Waals surface area contributed by atoms with E-state index in [9.17, 15) is 28.8 Å². The molecule has 0 aromatic heterocycles. The predicted octanol–water partition coefficient (Wildman–Crippen LogP) is 9.66. The lowest BCUT2D eigenvalue weighted by molar-refractivity contribution is -0.157. The molecule has 0 radical (unpaired) electrons. The van der Waals surface area contributed by atoms with Crippen molar-refractivity contribution in [2.24, 2.45) is 11.5 Å². The molecule has 774 valence electrons. The number of ether oxygens (including phenoxy) is 9. The van der Waals surface area contributed by atoms with Gasteiger partial charge in [0.25, 0.3) is 5.91 Å². The maximum absolute atomic E-state index is 16.1. The van der Waals surface area contributed by atoms with E-state index in [1.165, 1.54) is 60.2 Å². The van der Waals surface area contributed by atoms with Crippen molar-refractivity contribution < 1.29 is 109 Å². The molecule has 15 N–H and O–H groups in total. The lowest BCUT2D eigenvalue weighted by Gasteiger charge is -2.37. The Bertz CT molecular complexity index is 5220. The van der Waals surface area contributed by atoms with E-state index in [0.29, 0.717) is 84.9 Å². The number of aryl methyl sites for hydroxylation is 4. The molecule has 0 aliphatic heterocycles. The van der Waals surface area contributed by atoms with E-state index in [-0.39, 0.29) is 43.8 Å². The molecule has 0 saturated carbocycles. The number of halogens is 1. The Morgan fingerprint density at radius 1 is 0.496 bits per heavy atom. The minimum atomic E-state index is -2.29. The number of hydrogen-bond donors (Lipinski definition) is 13. The van der Waals surface area contributed by atoms with Gasteiger partial charge in [-0.1, -0.05) is 96.9 Å². The third-order valence-corrected chi connectivity index (χ3v) is 21.9. The molecule has 141 heavy (non-hydrogen) atoms. The van der Waals surface area contributed by atoms with Gasteiger partial charge in [-0.05, 0) is 265 Å². The van der Waals surface area contributed by atoms with Crippen molar-refractivity contribution in [1.29, 1.82) is 0 Å². The summed E-state index contributed by atoms with van der Waals surface area (Å²) in [5, 5.41) is 30.0. The maximum atomic E-state index is 16.1. The van der Waals surface area contributed by atoms with Gasteiger partial charge in [-0.2, -0.15) is 0 Å². The lowest BCUT2D eigenvalue weighted by Crippen LogP contribution is -2.67. The molecule has 36 heteroatoms. The van der Waals surface area contributed by atoms with E-state index in [0.717, 1.165) is 39.4 Å². The quantitative estimate of drug-likeness (QED) is 0.0125. The van der Waals surface area contributed by atoms with Crippen LogP contribution in [0.5, 0.6) is 23.0 Å². The third-order valence-electron chi connectivity index (χ3n) is 21.9. The van der Waals surface area contributed by atoms with Crippen molar-refractivity contribution >= 4 is 77.0 Å².